The lowest BCUT2D eigenvalue weighted by Gasteiger charge is -2.17. The van der Waals surface area contributed by atoms with Crippen molar-refractivity contribution in [2.24, 2.45) is 0 Å². The van der Waals surface area contributed by atoms with Gasteiger partial charge in [0.25, 0.3) is 0 Å². The minimum atomic E-state index is -0.557. The first-order valence-corrected chi connectivity index (χ1v) is 6.50. The Bertz CT molecular complexity index is 652. The summed E-state index contributed by atoms with van der Waals surface area (Å²) in [6.07, 6.45) is 0. The van der Waals surface area contributed by atoms with Gasteiger partial charge in [-0.2, -0.15) is 0 Å². The number of aryl methyl sites for hydroxylation is 2. The van der Waals surface area contributed by atoms with Crippen molar-refractivity contribution in [2.75, 3.05) is 7.05 Å². The zero-order valence-electron chi connectivity index (χ0n) is 11.4. The number of furan rings is 1. The highest BCUT2D eigenvalue weighted by molar-refractivity contribution is 6.31. The molecule has 1 atom stereocenters. The Morgan fingerprint density at radius 3 is 2.50 bits per heavy atom. The molecule has 6 heteroatoms. The second-order valence-electron chi connectivity index (χ2n) is 4.61. The summed E-state index contributed by atoms with van der Waals surface area (Å²) >= 11 is 6.28. The lowest BCUT2D eigenvalue weighted by Crippen LogP contribution is -2.17. The van der Waals surface area contributed by atoms with Crippen molar-refractivity contribution in [3.63, 3.8) is 0 Å². The van der Waals surface area contributed by atoms with Gasteiger partial charge in [0.05, 0.1) is 12.1 Å². The fourth-order valence-electron chi connectivity index (χ4n) is 2.07. The Kier molecular flexibility index (Phi) is 4.11. The van der Waals surface area contributed by atoms with Crippen LogP contribution in [0.3, 0.4) is 0 Å². The van der Waals surface area contributed by atoms with Gasteiger partial charge in [-0.3, -0.25) is 10.1 Å². The third-order valence-corrected chi connectivity index (χ3v) is 3.62. The van der Waals surface area contributed by atoms with Crippen LogP contribution in [0.5, 0.6) is 0 Å². The number of benzene rings is 1. The van der Waals surface area contributed by atoms with Crippen LogP contribution in [0.2, 0.25) is 5.02 Å². The summed E-state index contributed by atoms with van der Waals surface area (Å²) in [5, 5.41) is 14.4. The standard InChI is InChI=1S/C14H15ClN2O3/c1-8-6-10(11(15)7-9(8)2)14(16-3)12-4-5-13(20-12)17(18)19/h4-7,14,16H,1-3H3. The van der Waals surface area contributed by atoms with Crippen LogP contribution in [-0.4, -0.2) is 12.0 Å². The minimum Gasteiger partial charge on any atom is -0.404 e. The van der Waals surface area contributed by atoms with E-state index in [2.05, 4.69) is 5.32 Å². The molecule has 1 aromatic heterocycles. The van der Waals surface area contributed by atoms with Gasteiger partial charge < -0.3 is 9.73 Å². The Hall–Kier alpha value is -1.85. The van der Waals surface area contributed by atoms with E-state index in [4.69, 9.17) is 16.0 Å². The van der Waals surface area contributed by atoms with Gasteiger partial charge in [0.1, 0.15) is 10.7 Å². The van der Waals surface area contributed by atoms with Crippen molar-refractivity contribution in [1.29, 1.82) is 0 Å². The van der Waals surface area contributed by atoms with Gasteiger partial charge in [0.2, 0.25) is 0 Å². The molecule has 1 N–H and O–H groups in total. The van der Waals surface area contributed by atoms with Crippen molar-refractivity contribution in [2.45, 2.75) is 19.9 Å². The maximum atomic E-state index is 10.7. The van der Waals surface area contributed by atoms with E-state index in [1.807, 2.05) is 26.0 Å². The van der Waals surface area contributed by atoms with Gasteiger partial charge in [-0.05, 0) is 49.7 Å². The van der Waals surface area contributed by atoms with Crippen LogP contribution in [0, 0.1) is 24.0 Å². The molecule has 0 saturated heterocycles. The Morgan fingerprint density at radius 1 is 1.30 bits per heavy atom. The van der Waals surface area contributed by atoms with Crippen LogP contribution >= 0.6 is 11.6 Å². The van der Waals surface area contributed by atoms with Crippen molar-refractivity contribution in [1.82, 2.24) is 5.32 Å². The molecule has 0 radical (unpaired) electrons. The Balaban J connectivity index is 2.46. The normalized spacial score (nSPS) is 12.4. The molecular formula is C14H15ClN2O3. The molecule has 1 unspecified atom stereocenters. The highest BCUT2D eigenvalue weighted by Crippen LogP contribution is 2.32. The van der Waals surface area contributed by atoms with Gasteiger partial charge in [-0.15, -0.1) is 0 Å². The SMILES string of the molecule is CNC(c1ccc([N+](=O)[O-])o1)c1cc(C)c(C)cc1Cl. The summed E-state index contributed by atoms with van der Waals surface area (Å²) in [6.45, 7) is 3.98. The largest absolute Gasteiger partial charge is 0.433 e. The van der Waals surface area contributed by atoms with Gasteiger partial charge in [-0.1, -0.05) is 17.7 Å². The predicted molar refractivity (Wildman–Crippen MR) is 77.2 cm³/mol. The summed E-state index contributed by atoms with van der Waals surface area (Å²) in [6, 6.07) is 6.45. The fourth-order valence-corrected chi connectivity index (χ4v) is 2.40. The minimum absolute atomic E-state index is 0.278. The highest BCUT2D eigenvalue weighted by Gasteiger charge is 2.22. The zero-order chi connectivity index (χ0) is 14.9. The number of halogens is 1. The molecule has 0 saturated carbocycles. The maximum absolute atomic E-state index is 10.7. The molecule has 0 spiro atoms. The van der Waals surface area contributed by atoms with E-state index in [1.54, 1.807) is 13.1 Å². The molecule has 1 heterocycles. The number of hydrogen-bond acceptors (Lipinski definition) is 4. The van der Waals surface area contributed by atoms with Crippen LogP contribution in [0.15, 0.2) is 28.7 Å². The first-order chi connectivity index (χ1) is 9.43. The van der Waals surface area contributed by atoms with E-state index in [-0.39, 0.29) is 11.9 Å². The summed E-state index contributed by atoms with van der Waals surface area (Å²) in [5.41, 5.74) is 3.03. The first kappa shape index (κ1) is 14.6. The fraction of sp³-hybridized carbons (Fsp3) is 0.286. The van der Waals surface area contributed by atoms with E-state index < -0.39 is 4.92 Å². The lowest BCUT2D eigenvalue weighted by atomic mass is 9.99. The summed E-state index contributed by atoms with van der Waals surface area (Å²) in [5.74, 6) is 0.185. The van der Waals surface area contributed by atoms with E-state index in [0.29, 0.717) is 10.8 Å². The third-order valence-electron chi connectivity index (χ3n) is 3.29. The molecule has 0 fully saturated rings. The van der Waals surface area contributed by atoms with E-state index in [9.17, 15) is 10.1 Å². The maximum Gasteiger partial charge on any atom is 0.433 e. The molecule has 5 nitrogen and oxygen atoms in total. The molecule has 106 valence electrons. The molecule has 0 aliphatic carbocycles. The topological polar surface area (TPSA) is 68.3 Å². The Morgan fingerprint density at radius 2 is 1.95 bits per heavy atom. The number of nitrogens with zero attached hydrogens (tertiary/aromatic N) is 1. The van der Waals surface area contributed by atoms with Gasteiger partial charge >= 0.3 is 5.88 Å². The number of nitrogens with one attached hydrogen (secondary N) is 1. The molecule has 0 aliphatic rings. The van der Waals surface area contributed by atoms with Crippen molar-refractivity contribution in [3.8, 4) is 0 Å². The molecule has 0 bridgehead atoms. The lowest BCUT2D eigenvalue weighted by molar-refractivity contribution is -0.402. The zero-order valence-corrected chi connectivity index (χ0v) is 12.2. The molecular weight excluding hydrogens is 280 g/mol. The van der Waals surface area contributed by atoms with Crippen LogP contribution in [-0.2, 0) is 0 Å². The van der Waals surface area contributed by atoms with Gasteiger partial charge in [-0.25, -0.2) is 0 Å². The molecule has 20 heavy (non-hydrogen) atoms. The molecule has 2 rings (SSSR count). The smallest absolute Gasteiger partial charge is 0.404 e. The van der Waals surface area contributed by atoms with Gasteiger partial charge in [0, 0.05) is 5.02 Å². The van der Waals surface area contributed by atoms with Crippen molar-refractivity contribution >= 4 is 17.5 Å². The number of rotatable bonds is 4. The predicted octanol–water partition coefficient (Wildman–Crippen LogP) is 3.77. The van der Waals surface area contributed by atoms with Crippen LogP contribution in [0.4, 0.5) is 5.88 Å². The quantitative estimate of drug-likeness (QED) is 0.688. The average molecular weight is 295 g/mol. The summed E-state index contributed by atoms with van der Waals surface area (Å²) in [4.78, 5) is 10.1. The monoisotopic (exact) mass is 294 g/mol. The second-order valence-corrected chi connectivity index (χ2v) is 5.02. The third kappa shape index (κ3) is 2.69. The molecule has 1 aromatic carbocycles. The number of nitro groups is 1. The first-order valence-electron chi connectivity index (χ1n) is 6.12. The van der Waals surface area contributed by atoms with Crippen molar-refractivity contribution < 1.29 is 9.34 Å². The van der Waals surface area contributed by atoms with Crippen LogP contribution in [0.1, 0.15) is 28.5 Å². The molecule has 2 aromatic rings. The summed E-state index contributed by atoms with van der Waals surface area (Å²) in [7, 11) is 1.75. The molecule has 0 amide bonds. The van der Waals surface area contributed by atoms with E-state index in [1.165, 1.54) is 6.07 Å². The van der Waals surface area contributed by atoms with E-state index >= 15 is 0 Å². The Labute approximate surface area is 121 Å². The average Bonchev–Trinajstić information content (AvgIpc) is 2.86. The van der Waals surface area contributed by atoms with Gasteiger partial charge in [0.15, 0.2) is 0 Å². The summed E-state index contributed by atoms with van der Waals surface area (Å²) < 4.78 is 5.26. The molecule has 0 aliphatic heterocycles. The highest BCUT2D eigenvalue weighted by atomic mass is 35.5. The van der Waals surface area contributed by atoms with Crippen LogP contribution in [0.25, 0.3) is 0 Å². The van der Waals surface area contributed by atoms with Crippen molar-refractivity contribution in [3.05, 3.63) is 61.9 Å². The number of hydrogen-bond donors (Lipinski definition) is 1. The van der Waals surface area contributed by atoms with Crippen LogP contribution < -0.4 is 5.32 Å². The van der Waals surface area contributed by atoms with E-state index in [0.717, 1.165) is 16.7 Å². The second kappa shape index (κ2) is 5.64.